The normalized spacial score (nSPS) is 9.73. The van der Waals surface area contributed by atoms with Gasteiger partial charge < -0.3 is 9.32 Å². The van der Waals surface area contributed by atoms with Gasteiger partial charge in [0.05, 0.1) is 10.6 Å². The smallest absolute Gasteiger partial charge is 0.258 e. The lowest BCUT2D eigenvalue weighted by atomic mass is 10.3. The van der Waals surface area contributed by atoms with E-state index in [1.54, 1.807) is 14.1 Å². The summed E-state index contributed by atoms with van der Waals surface area (Å²) in [6.07, 6.45) is 2.67. The maximum Gasteiger partial charge on any atom is 0.258 e. The van der Waals surface area contributed by atoms with E-state index in [0.29, 0.717) is 10.6 Å². The van der Waals surface area contributed by atoms with Crippen LogP contribution in [0.1, 0.15) is 10.4 Å². The van der Waals surface area contributed by atoms with E-state index in [1.165, 1.54) is 17.4 Å². The second-order valence-electron chi connectivity index (χ2n) is 2.33. The Morgan fingerprint density at radius 1 is 1.55 bits per heavy atom. The zero-order chi connectivity index (χ0) is 8.43. The van der Waals surface area contributed by atoms with Gasteiger partial charge in [-0.25, -0.2) is 0 Å². The summed E-state index contributed by atoms with van der Waals surface area (Å²) in [6, 6.07) is 0. The molecular formula is C7H8ClNO2. The highest BCUT2D eigenvalue weighted by Crippen LogP contribution is 2.17. The first kappa shape index (κ1) is 8.14. The Morgan fingerprint density at radius 2 is 2.18 bits per heavy atom. The van der Waals surface area contributed by atoms with Crippen molar-refractivity contribution in [3.8, 4) is 0 Å². The highest BCUT2D eigenvalue weighted by Gasteiger charge is 2.13. The minimum Gasteiger partial charge on any atom is -0.470 e. The van der Waals surface area contributed by atoms with Crippen molar-refractivity contribution >= 4 is 17.5 Å². The fourth-order valence-corrected chi connectivity index (χ4v) is 0.852. The minimum atomic E-state index is -0.149. The van der Waals surface area contributed by atoms with Crippen molar-refractivity contribution in [3.63, 3.8) is 0 Å². The molecule has 1 aromatic rings. The topological polar surface area (TPSA) is 33.5 Å². The standard InChI is InChI=1S/C7H8ClNO2/c1-9(2)7(10)5-3-11-4-6(5)8/h3-4H,1-2H3. The summed E-state index contributed by atoms with van der Waals surface area (Å²) in [5, 5.41) is 0.351. The fraction of sp³-hybridized carbons (Fsp3) is 0.286. The predicted molar refractivity (Wildman–Crippen MR) is 41.7 cm³/mol. The van der Waals surface area contributed by atoms with Crippen molar-refractivity contribution in [1.29, 1.82) is 0 Å². The molecule has 0 atom stereocenters. The lowest BCUT2D eigenvalue weighted by molar-refractivity contribution is 0.0827. The third kappa shape index (κ3) is 1.54. The van der Waals surface area contributed by atoms with Crippen molar-refractivity contribution in [2.75, 3.05) is 14.1 Å². The van der Waals surface area contributed by atoms with Gasteiger partial charge in [0, 0.05) is 14.1 Å². The van der Waals surface area contributed by atoms with Gasteiger partial charge in [-0.2, -0.15) is 0 Å². The molecule has 60 valence electrons. The summed E-state index contributed by atoms with van der Waals surface area (Å²) in [7, 11) is 3.32. The average molecular weight is 174 g/mol. The number of hydrogen-bond donors (Lipinski definition) is 0. The molecule has 0 fully saturated rings. The summed E-state index contributed by atoms with van der Waals surface area (Å²) >= 11 is 5.64. The van der Waals surface area contributed by atoms with E-state index in [1.807, 2.05) is 0 Å². The van der Waals surface area contributed by atoms with Crippen molar-refractivity contribution in [2.45, 2.75) is 0 Å². The van der Waals surface area contributed by atoms with Crippen molar-refractivity contribution in [1.82, 2.24) is 4.90 Å². The van der Waals surface area contributed by atoms with Gasteiger partial charge in [0.25, 0.3) is 5.91 Å². The number of carbonyl (C=O) groups excluding carboxylic acids is 1. The summed E-state index contributed by atoms with van der Waals surface area (Å²) < 4.78 is 4.74. The van der Waals surface area contributed by atoms with Gasteiger partial charge in [-0.1, -0.05) is 11.6 Å². The Labute approximate surface area is 69.5 Å². The quantitative estimate of drug-likeness (QED) is 0.647. The van der Waals surface area contributed by atoms with Gasteiger partial charge >= 0.3 is 0 Å². The van der Waals surface area contributed by atoms with Crippen LogP contribution in [0, 0.1) is 0 Å². The first-order chi connectivity index (χ1) is 5.13. The Hall–Kier alpha value is -0.960. The Morgan fingerprint density at radius 3 is 2.55 bits per heavy atom. The summed E-state index contributed by atoms with van der Waals surface area (Å²) in [5.41, 5.74) is 0.400. The second kappa shape index (κ2) is 2.96. The van der Waals surface area contributed by atoms with E-state index in [9.17, 15) is 4.79 Å². The Balaban J connectivity index is 2.93. The lowest BCUT2D eigenvalue weighted by Crippen LogP contribution is -2.21. The molecule has 1 heterocycles. The zero-order valence-corrected chi connectivity index (χ0v) is 7.05. The molecule has 0 radical (unpaired) electrons. The van der Waals surface area contributed by atoms with Gasteiger partial charge in [-0.15, -0.1) is 0 Å². The molecule has 0 bridgehead atoms. The first-order valence-corrected chi connectivity index (χ1v) is 3.44. The number of nitrogens with zero attached hydrogens (tertiary/aromatic N) is 1. The molecule has 11 heavy (non-hydrogen) atoms. The molecule has 1 amide bonds. The molecule has 3 nitrogen and oxygen atoms in total. The van der Waals surface area contributed by atoms with Gasteiger partial charge in [-0.05, 0) is 0 Å². The van der Waals surface area contributed by atoms with E-state index < -0.39 is 0 Å². The lowest BCUT2D eigenvalue weighted by Gasteiger charge is -2.07. The van der Waals surface area contributed by atoms with Gasteiger partial charge in [0.2, 0.25) is 0 Å². The number of halogens is 1. The van der Waals surface area contributed by atoms with E-state index in [0.717, 1.165) is 0 Å². The summed E-state index contributed by atoms with van der Waals surface area (Å²) in [5.74, 6) is -0.149. The van der Waals surface area contributed by atoms with Gasteiger partial charge in [-0.3, -0.25) is 4.79 Å². The molecule has 0 saturated carbocycles. The number of hydrogen-bond acceptors (Lipinski definition) is 2. The van der Waals surface area contributed by atoms with Crippen LogP contribution >= 0.6 is 11.6 Å². The third-order valence-electron chi connectivity index (χ3n) is 1.25. The van der Waals surface area contributed by atoms with Crippen LogP contribution in [0.15, 0.2) is 16.9 Å². The monoisotopic (exact) mass is 173 g/mol. The molecule has 0 aromatic carbocycles. The van der Waals surface area contributed by atoms with Crippen LogP contribution in [-0.4, -0.2) is 24.9 Å². The molecule has 0 saturated heterocycles. The third-order valence-corrected chi connectivity index (χ3v) is 1.54. The molecule has 1 rings (SSSR count). The van der Waals surface area contributed by atoms with E-state index in [2.05, 4.69) is 0 Å². The molecule has 0 spiro atoms. The van der Waals surface area contributed by atoms with Crippen LogP contribution in [0.4, 0.5) is 0 Å². The Bertz CT molecular complexity index is 267. The number of carbonyl (C=O) groups is 1. The zero-order valence-electron chi connectivity index (χ0n) is 6.30. The minimum absolute atomic E-state index is 0.149. The Kier molecular flexibility index (Phi) is 2.19. The first-order valence-electron chi connectivity index (χ1n) is 3.06. The van der Waals surface area contributed by atoms with E-state index >= 15 is 0 Å². The fourth-order valence-electron chi connectivity index (χ4n) is 0.675. The summed E-state index contributed by atoms with van der Waals surface area (Å²) in [6.45, 7) is 0. The number of furan rings is 1. The van der Waals surface area contributed by atoms with E-state index in [4.69, 9.17) is 16.0 Å². The molecule has 1 aromatic heterocycles. The largest absolute Gasteiger partial charge is 0.470 e. The molecule has 0 aliphatic heterocycles. The molecular weight excluding hydrogens is 166 g/mol. The molecule has 0 aliphatic rings. The molecule has 0 N–H and O–H groups in total. The highest BCUT2D eigenvalue weighted by atomic mass is 35.5. The van der Waals surface area contributed by atoms with Crippen LogP contribution in [0.25, 0.3) is 0 Å². The van der Waals surface area contributed by atoms with Crippen molar-refractivity contribution in [3.05, 3.63) is 23.1 Å². The van der Waals surface area contributed by atoms with Crippen molar-refractivity contribution in [2.24, 2.45) is 0 Å². The average Bonchev–Trinajstić information content (AvgIpc) is 2.33. The highest BCUT2D eigenvalue weighted by molar-refractivity contribution is 6.33. The van der Waals surface area contributed by atoms with Crippen LogP contribution in [0.5, 0.6) is 0 Å². The number of rotatable bonds is 1. The number of amides is 1. The van der Waals surface area contributed by atoms with Gasteiger partial charge in [0.1, 0.15) is 12.5 Å². The van der Waals surface area contributed by atoms with Crippen LogP contribution in [0.3, 0.4) is 0 Å². The molecule has 4 heteroatoms. The SMILES string of the molecule is CN(C)C(=O)c1cocc1Cl. The van der Waals surface area contributed by atoms with Crippen LogP contribution in [-0.2, 0) is 0 Å². The second-order valence-corrected chi connectivity index (χ2v) is 2.74. The maximum atomic E-state index is 11.2. The van der Waals surface area contributed by atoms with Crippen LogP contribution < -0.4 is 0 Å². The molecule has 0 unspecified atom stereocenters. The maximum absolute atomic E-state index is 11.2. The van der Waals surface area contributed by atoms with Crippen molar-refractivity contribution < 1.29 is 9.21 Å². The van der Waals surface area contributed by atoms with E-state index in [-0.39, 0.29) is 5.91 Å². The molecule has 0 aliphatic carbocycles. The van der Waals surface area contributed by atoms with Gasteiger partial charge in [0.15, 0.2) is 0 Å². The summed E-state index contributed by atoms with van der Waals surface area (Å²) in [4.78, 5) is 12.6. The predicted octanol–water partition coefficient (Wildman–Crippen LogP) is 1.63. The van der Waals surface area contributed by atoms with Crippen LogP contribution in [0.2, 0.25) is 5.02 Å².